The monoisotopic (exact) mass is 638 g/mol. The molecule has 12 heteroatoms. The summed E-state index contributed by atoms with van der Waals surface area (Å²) in [4.78, 5) is 42.3. The van der Waals surface area contributed by atoms with E-state index < -0.39 is 43.4 Å². The van der Waals surface area contributed by atoms with Crippen molar-refractivity contribution in [1.82, 2.24) is 10.2 Å². The van der Waals surface area contributed by atoms with Crippen molar-refractivity contribution in [2.45, 2.75) is 115 Å². The Kier molecular flexibility index (Phi) is 16.6. The van der Waals surface area contributed by atoms with E-state index in [9.17, 15) is 24.1 Å². The van der Waals surface area contributed by atoms with Gasteiger partial charge in [-0.05, 0) is 49.6 Å². The number of rotatable bonds is 20. The van der Waals surface area contributed by atoms with E-state index in [0.717, 1.165) is 50.5 Å². The molecule has 1 unspecified atom stereocenters. The van der Waals surface area contributed by atoms with Gasteiger partial charge in [0.05, 0.1) is 6.04 Å². The molecule has 0 radical (unpaired) electrons. The fourth-order valence-electron chi connectivity index (χ4n) is 6.11. The maximum atomic E-state index is 14.8. The number of amides is 3. The molecule has 0 saturated heterocycles. The van der Waals surface area contributed by atoms with Crippen LogP contribution in [0, 0.1) is 11.8 Å². The predicted molar refractivity (Wildman–Crippen MR) is 171 cm³/mol. The van der Waals surface area contributed by atoms with Crippen molar-refractivity contribution in [3.05, 3.63) is 35.9 Å². The number of nitrogens with two attached hydrogens (primary N) is 2. The van der Waals surface area contributed by atoms with Crippen LogP contribution >= 0.6 is 7.60 Å². The first kappa shape index (κ1) is 37.9. The van der Waals surface area contributed by atoms with Crippen LogP contribution in [0.1, 0.15) is 90.0 Å². The van der Waals surface area contributed by atoms with Crippen LogP contribution in [-0.2, 0) is 34.4 Å². The van der Waals surface area contributed by atoms with Gasteiger partial charge in [-0.15, -0.1) is 0 Å². The second-order valence-corrected chi connectivity index (χ2v) is 14.7. The zero-order valence-corrected chi connectivity index (χ0v) is 27.9. The molecule has 1 aliphatic carbocycles. The minimum atomic E-state index is -4.13. The number of aliphatic hydroxyl groups excluding tert-OH is 1. The lowest BCUT2D eigenvalue weighted by atomic mass is 9.83. The topological polar surface area (TPSA) is 174 Å². The second kappa shape index (κ2) is 19.3. The first-order valence-corrected chi connectivity index (χ1v) is 17.6. The van der Waals surface area contributed by atoms with Crippen LogP contribution < -0.4 is 16.8 Å². The van der Waals surface area contributed by atoms with Gasteiger partial charge in [0.25, 0.3) is 0 Å². The molecule has 0 aliphatic heterocycles. The van der Waals surface area contributed by atoms with E-state index >= 15 is 0 Å². The third kappa shape index (κ3) is 11.6. The highest BCUT2D eigenvalue weighted by Gasteiger charge is 2.48. The summed E-state index contributed by atoms with van der Waals surface area (Å²) in [5.41, 5.74) is 12.4. The van der Waals surface area contributed by atoms with Gasteiger partial charge < -0.3 is 35.8 Å². The van der Waals surface area contributed by atoms with Gasteiger partial charge in [0.1, 0.15) is 12.1 Å². The maximum absolute atomic E-state index is 14.8. The number of hydrogen-bond acceptors (Lipinski definition) is 8. The molecule has 250 valence electrons. The van der Waals surface area contributed by atoms with Crippen molar-refractivity contribution in [3.8, 4) is 0 Å². The molecule has 1 aliphatic rings. The van der Waals surface area contributed by atoms with Crippen molar-refractivity contribution in [2.24, 2.45) is 23.3 Å². The minimum absolute atomic E-state index is 0.0448. The Morgan fingerprint density at radius 2 is 1.68 bits per heavy atom. The van der Waals surface area contributed by atoms with Crippen LogP contribution in [-0.4, -0.2) is 72.5 Å². The summed E-state index contributed by atoms with van der Waals surface area (Å²) in [6.07, 6.45) is 7.86. The second-order valence-electron chi connectivity index (χ2n) is 12.3. The van der Waals surface area contributed by atoms with Gasteiger partial charge in [-0.25, -0.2) is 0 Å². The van der Waals surface area contributed by atoms with E-state index in [0.29, 0.717) is 13.0 Å². The van der Waals surface area contributed by atoms with Gasteiger partial charge in [-0.1, -0.05) is 82.7 Å². The van der Waals surface area contributed by atoms with Crippen molar-refractivity contribution >= 4 is 25.3 Å². The molecule has 1 aromatic carbocycles. The molecule has 0 bridgehead atoms. The highest BCUT2D eigenvalue weighted by atomic mass is 31.2. The van der Waals surface area contributed by atoms with E-state index in [1.807, 2.05) is 44.2 Å². The lowest BCUT2D eigenvalue weighted by molar-refractivity contribution is -0.148. The third-order valence-electron chi connectivity index (χ3n) is 8.47. The summed E-state index contributed by atoms with van der Waals surface area (Å²) in [7, 11) is -1.77. The van der Waals surface area contributed by atoms with E-state index in [2.05, 4.69) is 5.32 Å². The molecular formula is C32H55N4O7P. The number of carbonyl (C=O) groups excluding carboxylic acids is 3. The molecule has 0 spiro atoms. The van der Waals surface area contributed by atoms with Gasteiger partial charge in [-0.2, -0.15) is 0 Å². The quantitative estimate of drug-likeness (QED) is 0.122. The van der Waals surface area contributed by atoms with Crippen LogP contribution in [0.2, 0.25) is 0 Å². The maximum Gasteiger partial charge on any atom is 0.360 e. The summed E-state index contributed by atoms with van der Waals surface area (Å²) in [6.45, 7) is 4.35. The van der Waals surface area contributed by atoms with Gasteiger partial charge >= 0.3 is 7.60 Å². The van der Waals surface area contributed by atoms with Crippen LogP contribution in [0.25, 0.3) is 0 Å². The number of nitrogens with one attached hydrogen (secondary N) is 1. The number of aliphatic hydroxyl groups is 1. The molecule has 4 atom stereocenters. The highest BCUT2D eigenvalue weighted by molar-refractivity contribution is 7.54. The van der Waals surface area contributed by atoms with Crippen molar-refractivity contribution in [1.29, 1.82) is 0 Å². The van der Waals surface area contributed by atoms with E-state index in [-0.39, 0.29) is 43.4 Å². The summed E-state index contributed by atoms with van der Waals surface area (Å²) in [5.74, 6) is -3.31. The van der Waals surface area contributed by atoms with Crippen molar-refractivity contribution in [2.75, 3.05) is 20.8 Å². The van der Waals surface area contributed by atoms with Gasteiger partial charge in [0, 0.05) is 27.1 Å². The molecule has 44 heavy (non-hydrogen) atoms. The first-order valence-electron chi connectivity index (χ1n) is 16.0. The number of carbonyl (C=O) groups is 3. The summed E-state index contributed by atoms with van der Waals surface area (Å²) in [6, 6.07) is 5.94. The smallest absolute Gasteiger partial charge is 0.360 e. The summed E-state index contributed by atoms with van der Waals surface area (Å²) >= 11 is 0. The van der Waals surface area contributed by atoms with E-state index in [1.165, 1.54) is 19.1 Å². The molecule has 0 heterocycles. The van der Waals surface area contributed by atoms with E-state index in [4.69, 9.17) is 20.5 Å². The number of hydrogen-bond donors (Lipinski definition) is 4. The van der Waals surface area contributed by atoms with Crippen LogP contribution in [0.4, 0.5) is 0 Å². The largest absolute Gasteiger partial charge is 0.379 e. The Morgan fingerprint density at radius 1 is 1.05 bits per heavy atom. The first-order chi connectivity index (χ1) is 21.0. The van der Waals surface area contributed by atoms with E-state index in [1.54, 1.807) is 0 Å². The lowest BCUT2D eigenvalue weighted by Crippen LogP contribution is -2.62. The fourth-order valence-corrected chi connectivity index (χ4v) is 7.38. The number of unbranched alkanes of at least 4 members (excludes halogenated alkanes) is 2. The van der Waals surface area contributed by atoms with Crippen LogP contribution in [0.3, 0.4) is 0 Å². The average molecular weight is 639 g/mol. The Labute approximate surface area is 263 Å². The fraction of sp³-hybridized carbons (Fsp3) is 0.719. The molecule has 6 N–H and O–H groups in total. The highest BCUT2D eigenvalue weighted by Crippen LogP contribution is 2.53. The van der Waals surface area contributed by atoms with Gasteiger partial charge in [0.15, 0.2) is 5.85 Å². The standard InChI is InChI=1S/C32H55N4O7P/c1-23(2)20-27(30(34)38)36(28(22-25-16-10-6-11-17-25)32(40)44(41,42-3)43-4)31(39)26(21-24-14-8-5-9-15-24)35-29(37)18-12-7-13-19-33/h5,8-9,14-15,23,25-28,32,40H,6-7,10-13,16-22,33H2,1-4H3,(H2,34,38)(H,35,37)/t26-,27-,28-,32?/m0/s1. The number of nitrogens with zero attached hydrogens (tertiary/aromatic N) is 1. The third-order valence-corrected chi connectivity index (χ3v) is 10.5. The number of primary amides is 1. The number of benzene rings is 1. The SMILES string of the molecule is COP(=O)(OC)C(O)[C@H](CC1CCCCC1)N(C(=O)[C@H](Cc1ccccc1)NC(=O)CCCCCN)[C@@H](CC(C)C)C(N)=O. The Hall–Kier alpha value is -2.30. The Balaban J connectivity index is 2.64. The average Bonchev–Trinajstić information content (AvgIpc) is 3.01. The Bertz CT molecular complexity index is 1060. The van der Waals surface area contributed by atoms with Crippen LogP contribution in [0.5, 0.6) is 0 Å². The molecule has 3 amide bonds. The molecule has 0 aromatic heterocycles. The predicted octanol–water partition coefficient (Wildman–Crippen LogP) is 4.10. The zero-order valence-electron chi connectivity index (χ0n) is 27.0. The van der Waals surface area contributed by atoms with Crippen LogP contribution in [0.15, 0.2) is 30.3 Å². The summed E-state index contributed by atoms with van der Waals surface area (Å²) < 4.78 is 24.1. The van der Waals surface area contributed by atoms with Gasteiger partial charge in [-0.3, -0.25) is 18.9 Å². The Morgan fingerprint density at radius 3 is 2.23 bits per heavy atom. The molecule has 1 aromatic rings. The lowest BCUT2D eigenvalue weighted by Gasteiger charge is -2.43. The summed E-state index contributed by atoms with van der Waals surface area (Å²) in [5, 5.41) is 14.6. The normalized spacial score (nSPS) is 17.1. The molecule has 11 nitrogen and oxygen atoms in total. The van der Waals surface area contributed by atoms with Crippen molar-refractivity contribution < 1.29 is 33.1 Å². The van der Waals surface area contributed by atoms with Crippen molar-refractivity contribution in [3.63, 3.8) is 0 Å². The molecule has 2 rings (SSSR count). The minimum Gasteiger partial charge on any atom is -0.379 e. The zero-order chi connectivity index (χ0) is 32.7. The molecule has 1 saturated carbocycles. The van der Waals surface area contributed by atoms with Gasteiger partial charge in [0.2, 0.25) is 17.7 Å². The molecular weight excluding hydrogens is 583 g/mol. The molecule has 1 fully saturated rings.